The van der Waals surface area contributed by atoms with Crippen LogP contribution in [0.5, 0.6) is 0 Å². The highest BCUT2D eigenvalue weighted by atomic mass is 16.2. The predicted molar refractivity (Wildman–Crippen MR) is 163 cm³/mol. The van der Waals surface area contributed by atoms with Crippen molar-refractivity contribution < 1.29 is 24.0 Å². The minimum atomic E-state index is -1.10. The normalized spacial score (nSPS) is 18.3. The maximum atomic E-state index is 14.4. The molecule has 0 bridgehead atoms. The van der Waals surface area contributed by atoms with E-state index < -0.39 is 41.5 Å². The van der Waals surface area contributed by atoms with Crippen LogP contribution in [0.2, 0.25) is 0 Å². The van der Waals surface area contributed by atoms with Crippen LogP contribution < -0.4 is 11.1 Å². The lowest BCUT2D eigenvalue weighted by molar-refractivity contribution is -0.153. The van der Waals surface area contributed by atoms with Gasteiger partial charge < -0.3 is 10.6 Å². The Hall–Kier alpha value is -2.87. The molecular formula is C34H51N3O5. The van der Waals surface area contributed by atoms with E-state index in [-0.39, 0.29) is 42.9 Å². The Bertz CT molecular complexity index is 1060. The third-order valence-electron chi connectivity index (χ3n) is 8.85. The summed E-state index contributed by atoms with van der Waals surface area (Å²) in [6.07, 6.45) is 9.71. The van der Waals surface area contributed by atoms with E-state index in [2.05, 4.69) is 5.32 Å². The Morgan fingerprint density at radius 2 is 1.52 bits per heavy atom. The van der Waals surface area contributed by atoms with E-state index in [1.165, 1.54) is 4.90 Å². The van der Waals surface area contributed by atoms with Crippen molar-refractivity contribution in [1.29, 1.82) is 0 Å². The number of rotatable bonds is 15. The second-order valence-electron chi connectivity index (χ2n) is 12.8. The van der Waals surface area contributed by atoms with Crippen molar-refractivity contribution in [2.24, 2.45) is 23.5 Å². The average Bonchev–Trinajstić information content (AvgIpc) is 3.52. The highest BCUT2D eigenvalue weighted by molar-refractivity contribution is 6.39. The van der Waals surface area contributed by atoms with Gasteiger partial charge in [-0.15, -0.1) is 0 Å². The fraction of sp³-hybridized carbons (Fsp3) is 0.676. The number of benzene rings is 1. The van der Waals surface area contributed by atoms with Gasteiger partial charge in [0.25, 0.3) is 0 Å². The smallest absolute Gasteiger partial charge is 0.249 e. The number of Topliss-reactive ketones (excluding diaryl/α,β-unsaturated/α-hetero) is 2. The monoisotopic (exact) mass is 581 g/mol. The maximum Gasteiger partial charge on any atom is 0.249 e. The van der Waals surface area contributed by atoms with E-state index >= 15 is 0 Å². The third-order valence-corrected chi connectivity index (χ3v) is 8.85. The molecule has 8 heteroatoms. The predicted octanol–water partition coefficient (Wildman–Crippen LogP) is 4.91. The van der Waals surface area contributed by atoms with Crippen LogP contribution in [0.15, 0.2) is 30.3 Å². The molecule has 0 aromatic heterocycles. The van der Waals surface area contributed by atoms with E-state index in [1.807, 2.05) is 51.1 Å². The Morgan fingerprint density at radius 3 is 2.12 bits per heavy atom. The van der Waals surface area contributed by atoms with Crippen molar-refractivity contribution in [3.8, 4) is 0 Å². The summed E-state index contributed by atoms with van der Waals surface area (Å²) < 4.78 is 0. The molecule has 0 spiro atoms. The number of amides is 3. The summed E-state index contributed by atoms with van der Waals surface area (Å²) in [5.41, 5.74) is 7.40. The van der Waals surface area contributed by atoms with Gasteiger partial charge in [0.05, 0.1) is 12.1 Å². The van der Waals surface area contributed by atoms with Crippen molar-refractivity contribution in [2.75, 3.05) is 0 Å². The van der Waals surface area contributed by atoms with Crippen LogP contribution in [0.4, 0.5) is 0 Å². The van der Waals surface area contributed by atoms with E-state index in [0.29, 0.717) is 12.8 Å². The molecule has 2 saturated carbocycles. The van der Waals surface area contributed by atoms with E-state index in [1.54, 1.807) is 0 Å². The molecule has 3 amide bonds. The van der Waals surface area contributed by atoms with Crippen LogP contribution in [0, 0.1) is 17.8 Å². The summed E-state index contributed by atoms with van der Waals surface area (Å²) in [4.78, 5) is 69.7. The Labute approximate surface area is 251 Å². The lowest BCUT2D eigenvalue weighted by Gasteiger charge is -2.40. The third kappa shape index (κ3) is 9.58. The molecule has 3 atom stereocenters. The zero-order valence-electron chi connectivity index (χ0n) is 25.8. The van der Waals surface area contributed by atoms with Gasteiger partial charge in [-0.3, -0.25) is 29.3 Å². The maximum absolute atomic E-state index is 14.4. The molecule has 8 nitrogen and oxygen atoms in total. The van der Waals surface area contributed by atoms with E-state index in [9.17, 15) is 24.0 Å². The summed E-state index contributed by atoms with van der Waals surface area (Å²) in [7, 11) is 0. The molecule has 3 rings (SSSR count). The van der Waals surface area contributed by atoms with Crippen LogP contribution in [0.1, 0.15) is 110 Å². The van der Waals surface area contributed by atoms with Crippen molar-refractivity contribution in [2.45, 2.75) is 129 Å². The molecule has 2 aliphatic rings. The minimum absolute atomic E-state index is 0.0280. The summed E-state index contributed by atoms with van der Waals surface area (Å²) in [5, 5.41) is 2.59. The van der Waals surface area contributed by atoms with Gasteiger partial charge >= 0.3 is 0 Å². The largest absolute Gasteiger partial charge is 0.320 e. The quantitative estimate of drug-likeness (QED) is 0.284. The first kappa shape index (κ1) is 33.6. The van der Waals surface area contributed by atoms with Crippen molar-refractivity contribution in [3.63, 3.8) is 0 Å². The fourth-order valence-corrected chi connectivity index (χ4v) is 6.58. The topological polar surface area (TPSA) is 127 Å². The lowest BCUT2D eigenvalue weighted by atomic mass is 9.82. The first-order chi connectivity index (χ1) is 20.1. The summed E-state index contributed by atoms with van der Waals surface area (Å²) in [6.45, 7) is 5.71. The van der Waals surface area contributed by atoms with Crippen molar-refractivity contribution in [3.05, 3.63) is 35.9 Å². The van der Waals surface area contributed by atoms with Gasteiger partial charge in [0.1, 0.15) is 6.04 Å². The van der Waals surface area contributed by atoms with Gasteiger partial charge in [0, 0.05) is 12.3 Å². The molecular weight excluding hydrogens is 530 g/mol. The highest BCUT2D eigenvalue weighted by Crippen LogP contribution is 2.31. The first-order valence-corrected chi connectivity index (χ1v) is 16.2. The number of ketones is 2. The molecule has 2 fully saturated rings. The molecule has 0 aliphatic heterocycles. The average molecular weight is 582 g/mol. The Morgan fingerprint density at radius 1 is 0.905 bits per heavy atom. The second-order valence-corrected chi connectivity index (χ2v) is 12.8. The standard InChI is InChI=1S/C34H51N3O5/c1-4-13-30(38)31(39)28(22-25-16-9-6-10-17-25)37(34(42)27(35)21-24-14-7-5-8-15-24)29(20-23(2)3)33(41)36-32(40)26-18-11-12-19-26/h5,7-8,14-15,23,25-29H,4,6,9-13,16-22,35H2,1-3H3,(H,36,40,41)/t27-,28-,29-/m0/s1. The minimum Gasteiger partial charge on any atom is -0.320 e. The molecule has 0 heterocycles. The summed E-state index contributed by atoms with van der Waals surface area (Å²) in [6, 6.07) is 6.15. The first-order valence-electron chi connectivity index (χ1n) is 16.2. The Balaban J connectivity index is 2.03. The number of carbonyl (C=O) groups excluding carboxylic acids is 5. The van der Waals surface area contributed by atoms with E-state index in [0.717, 1.165) is 63.4 Å². The molecule has 1 aromatic rings. The number of carbonyl (C=O) groups is 5. The zero-order chi connectivity index (χ0) is 30.6. The summed E-state index contributed by atoms with van der Waals surface area (Å²) in [5.74, 6) is -2.72. The van der Waals surface area contributed by atoms with Crippen LogP contribution in [-0.2, 0) is 30.4 Å². The number of imide groups is 1. The molecule has 0 radical (unpaired) electrons. The molecule has 232 valence electrons. The molecule has 0 unspecified atom stereocenters. The van der Waals surface area contributed by atoms with Gasteiger partial charge in [-0.05, 0) is 55.9 Å². The molecule has 3 N–H and O–H groups in total. The van der Waals surface area contributed by atoms with Crippen LogP contribution in [-0.4, -0.2) is 52.3 Å². The zero-order valence-corrected chi connectivity index (χ0v) is 25.8. The van der Waals surface area contributed by atoms with Crippen LogP contribution in [0.3, 0.4) is 0 Å². The SMILES string of the molecule is CCCC(=O)C(=O)[C@H](CC1CCCCC1)N(C(=O)[C@@H](N)Cc1ccccc1)[C@@H](CC(C)C)C(=O)NC(=O)C1CCCC1. The number of nitrogens with zero attached hydrogens (tertiary/aromatic N) is 1. The molecule has 42 heavy (non-hydrogen) atoms. The van der Waals surface area contributed by atoms with Gasteiger partial charge in [-0.2, -0.15) is 0 Å². The Kier molecular flexibility index (Phi) is 13.4. The van der Waals surface area contributed by atoms with E-state index in [4.69, 9.17) is 5.73 Å². The number of hydrogen-bond donors (Lipinski definition) is 2. The fourth-order valence-electron chi connectivity index (χ4n) is 6.58. The van der Waals surface area contributed by atoms with Gasteiger partial charge in [0.2, 0.25) is 29.3 Å². The highest BCUT2D eigenvalue weighted by Gasteiger charge is 2.43. The molecule has 0 saturated heterocycles. The van der Waals surface area contributed by atoms with Crippen molar-refractivity contribution >= 4 is 29.3 Å². The van der Waals surface area contributed by atoms with Crippen molar-refractivity contribution in [1.82, 2.24) is 10.2 Å². The second kappa shape index (κ2) is 16.7. The van der Waals surface area contributed by atoms with Gasteiger partial charge in [-0.1, -0.05) is 96.0 Å². The van der Waals surface area contributed by atoms with Crippen LogP contribution in [0.25, 0.3) is 0 Å². The number of nitrogens with two attached hydrogens (primary N) is 1. The summed E-state index contributed by atoms with van der Waals surface area (Å²) >= 11 is 0. The van der Waals surface area contributed by atoms with Gasteiger partial charge in [-0.25, -0.2) is 0 Å². The molecule has 1 aromatic carbocycles. The number of nitrogens with one attached hydrogen (secondary N) is 1. The molecule has 2 aliphatic carbocycles. The van der Waals surface area contributed by atoms with Crippen LogP contribution >= 0.6 is 0 Å². The number of hydrogen-bond acceptors (Lipinski definition) is 6. The lowest BCUT2D eigenvalue weighted by Crippen LogP contribution is -2.62. The van der Waals surface area contributed by atoms with Gasteiger partial charge in [0.15, 0.2) is 0 Å².